The monoisotopic (exact) mass is 192 g/mol. The molecule has 1 amide bonds. The lowest BCUT2D eigenvalue weighted by atomic mass is 10.2. The molecule has 0 spiro atoms. The smallest absolute Gasteiger partial charge is 0.234 e. The van der Waals surface area contributed by atoms with E-state index in [-0.39, 0.29) is 24.4 Å². The highest BCUT2D eigenvalue weighted by atomic mass is 35.5. The molecule has 2 N–H and O–H groups in total. The molecule has 0 bridgehead atoms. The van der Waals surface area contributed by atoms with Gasteiger partial charge in [0.05, 0.1) is 6.04 Å². The van der Waals surface area contributed by atoms with E-state index >= 15 is 0 Å². The molecule has 1 unspecified atom stereocenters. The number of hydrogen-bond donors (Lipinski definition) is 1. The zero-order valence-electron chi connectivity index (χ0n) is 7.45. The summed E-state index contributed by atoms with van der Waals surface area (Å²) in [5.74, 6) is -0.157. The van der Waals surface area contributed by atoms with Crippen LogP contribution in [0, 0.1) is 0 Å². The summed E-state index contributed by atoms with van der Waals surface area (Å²) in [5.41, 5.74) is 5.24. The number of nitrogens with zero attached hydrogens (tertiary/aromatic N) is 1. The molecular weight excluding hydrogens is 176 g/mol. The number of carbonyl (C=O) groups is 1. The Balaban J connectivity index is 0.00000121. The molecule has 1 fully saturated rings. The first-order chi connectivity index (χ1) is 5.25. The van der Waals surface area contributed by atoms with Crippen molar-refractivity contribution < 1.29 is 4.79 Å². The molecule has 1 aliphatic rings. The van der Waals surface area contributed by atoms with E-state index in [4.69, 9.17) is 5.73 Å². The van der Waals surface area contributed by atoms with E-state index in [9.17, 15) is 4.79 Å². The first kappa shape index (κ1) is 11.7. The van der Waals surface area contributed by atoms with E-state index in [1.807, 2.05) is 0 Å². The first-order valence-corrected chi connectivity index (χ1v) is 4.29. The summed E-state index contributed by atoms with van der Waals surface area (Å²) in [5, 5.41) is 0. The average molecular weight is 193 g/mol. The van der Waals surface area contributed by atoms with Crippen LogP contribution in [0.25, 0.3) is 0 Å². The Morgan fingerprint density at radius 1 is 1.67 bits per heavy atom. The maximum Gasteiger partial charge on any atom is 0.234 e. The molecule has 4 heteroatoms. The molecule has 1 aliphatic heterocycles. The molecule has 3 nitrogen and oxygen atoms in total. The summed E-state index contributed by atoms with van der Waals surface area (Å²) in [6, 6.07) is 0.0231. The Bertz CT molecular complexity index is 152. The van der Waals surface area contributed by atoms with Crippen LogP contribution in [0.2, 0.25) is 0 Å². The lowest BCUT2D eigenvalue weighted by molar-refractivity contribution is -0.122. The van der Waals surface area contributed by atoms with Gasteiger partial charge in [0, 0.05) is 0 Å². The van der Waals surface area contributed by atoms with Crippen LogP contribution < -0.4 is 5.73 Å². The van der Waals surface area contributed by atoms with Crippen LogP contribution in [0.3, 0.4) is 0 Å². The van der Waals surface area contributed by atoms with Crippen LogP contribution in [0.4, 0.5) is 0 Å². The van der Waals surface area contributed by atoms with Crippen molar-refractivity contribution in [3.8, 4) is 0 Å². The molecule has 0 aliphatic carbocycles. The maximum atomic E-state index is 10.9. The van der Waals surface area contributed by atoms with Gasteiger partial charge in [0.1, 0.15) is 0 Å². The van der Waals surface area contributed by atoms with Crippen molar-refractivity contribution >= 4 is 18.3 Å². The van der Waals surface area contributed by atoms with Crippen LogP contribution in [0.15, 0.2) is 0 Å². The minimum Gasteiger partial charge on any atom is -0.368 e. The topological polar surface area (TPSA) is 46.3 Å². The molecule has 0 aromatic rings. The fraction of sp³-hybridized carbons (Fsp3) is 0.875. The van der Waals surface area contributed by atoms with E-state index in [2.05, 4.69) is 11.8 Å². The van der Waals surface area contributed by atoms with Crippen molar-refractivity contribution in [1.29, 1.82) is 0 Å². The van der Waals surface area contributed by atoms with Gasteiger partial charge in [-0.05, 0) is 32.4 Å². The first-order valence-electron chi connectivity index (χ1n) is 4.29. The highest BCUT2D eigenvalue weighted by molar-refractivity contribution is 5.85. The third-order valence-corrected chi connectivity index (χ3v) is 2.20. The Hall–Kier alpha value is -0.280. The number of rotatable bonds is 3. The number of nitrogens with two attached hydrogens (primary N) is 1. The van der Waals surface area contributed by atoms with Gasteiger partial charge in [0.15, 0.2) is 0 Å². The van der Waals surface area contributed by atoms with Crippen LogP contribution in [-0.4, -0.2) is 29.9 Å². The number of hydrogen-bond acceptors (Lipinski definition) is 2. The highest BCUT2D eigenvalue weighted by Crippen LogP contribution is 2.16. The SMILES string of the molecule is CCCN1CCCC1C(N)=O.Cl. The largest absolute Gasteiger partial charge is 0.368 e. The van der Waals surface area contributed by atoms with E-state index in [0.717, 1.165) is 32.4 Å². The highest BCUT2D eigenvalue weighted by Gasteiger charge is 2.27. The number of halogens is 1. The lowest BCUT2D eigenvalue weighted by Crippen LogP contribution is -2.40. The summed E-state index contributed by atoms with van der Waals surface area (Å²) in [7, 11) is 0. The molecule has 0 radical (unpaired) electrons. The third kappa shape index (κ3) is 2.64. The third-order valence-electron chi connectivity index (χ3n) is 2.20. The molecule has 72 valence electrons. The molecule has 0 saturated carbocycles. The van der Waals surface area contributed by atoms with Gasteiger partial charge in [-0.15, -0.1) is 12.4 Å². The fourth-order valence-electron chi connectivity index (χ4n) is 1.70. The predicted octanol–water partition coefficient (Wildman–Crippen LogP) is 0.768. The van der Waals surface area contributed by atoms with Crippen molar-refractivity contribution in [2.75, 3.05) is 13.1 Å². The molecule has 0 aromatic carbocycles. The summed E-state index contributed by atoms with van der Waals surface area (Å²) in [4.78, 5) is 13.1. The van der Waals surface area contributed by atoms with E-state index in [1.54, 1.807) is 0 Å². The second-order valence-electron chi connectivity index (χ2n) is 3.10. The average Bonchev–Trinajstić information content (AvgIpc) is 2.36. The second-order valence-corrected chi connectivity index (χ2v) is 3.10. The van der Waals surface area contributed by atoms with Gasteiger partial charge in [-0.25, -0.2) is 0 Å². The summed E-state index contributed by atoms with van der Waals surface area (Å²) in [6.45, 7) is 4.17. The standard InChI is InChI=1S/C8H16N2O.ClH/c1-2-5-10-6-3-4-7(10)8(9)11;/h7H,2-6H2,1H3,(H2,9,11);1H. The van der Waals surface area contributed by atoms with Crippen molar-refractivity contribution in [2.24, 2.45) is 5.73 Å². The van der Waals surface area contributed by atoms with Gasteiger partial charge >= 0.3 is 0 Å². The molecule has 0 aromatic heterocycles. The van der Waals surface area contributed by atoms with Gasteiger partial charge < -0.3 is 5.73 Å². The minimum absolute atomic E-state index is 0. The Kier molecular flexibility index (Phi) is 5.25. The molecule has 1 heterocycles. The molecule has 1 atom stereocenters. The van der Waals surface area contributed by atoms with Crippen molar-refractivity contribution in [3.63, 3.8) is 0 Å². The molecule has 1 rings (SSSR count). The van der Waals surface area contributed by atoms with Gasteiger partial charge in [-0.1, -0.05) is 6.92 Å². The Morgan fingerprint density at radius 3 is 2.83 bits per heavy atom. The number of primary amides is 1. The van der Waals surface area contributed by atoms with Gasteiger partial charge in [0.2, 0.25) is 5.91 Å². The van der Waals surface area contributed by atoms with Crippen LogP contribution in [0.1, 0.15) is 26.2 Å². The quantitative estimate of drug-likeness (QED) is 0.718. The Labute approximate surface area is 79.7 Å². The summed E-state index contributed by atoms with van der Waals surface area (Å²) in [6.07, 6.45) is 3.17. The Morgan fingerprint density at radius 2 is 2.33 bits per heavy atom. The van der Waals surface area contributed by atoms with Gasteiger partial charge in [-0.2, -0.15) is 0 Å². The van der Waals surface area contributed by atoms with Crippen LogP contribution in [-0.2, 0) is 4.79 Å². The molecule has 12 heavy (non-hydrogen) atoms. The van der Waals surface area contributed by atoms with Crippen molar-refractivity contribution in [2.45, 2.75) is 32.2 Å². The zero-order chi connectivity index (χ0) is 8.27. The normalized spacial score (nSPS) is 23.6. The van der Waals surface area contributed by atoms with Gasteiger partial charge in [0.25, 0.3) is 0 Å². The minimum atomic E-state index is -0.157. The second kappa shape index (κ2) is 5.38. The van der Waals surface area contributed by atoms with Crippen molar-refractivity contribution in [3.05, 3.63) is 0 Å². The van der Waals surface area contributed by atoms with E-state index < -0.39 is 0 Å². The number of carbonyl (C=O) groups excluding carboxylic acids is 1. The van der Waals surface area contributed by atoms with Crippen LogP contribution >= 0.6 is 12.4 Å². The lowest BCUT2D eigenvalue weighted by Gasteiger charge is -2.20. The van der Waals surface area contributed by atoms with Crippen molar-refractivity contribution in [1.82, 2.24) is 4.90 Å². The van der Waals surface area contributed by atoms with E-state index in [0.29, 0.717) is 0 Å². The zero-order valence-corrected chi connectivity index (χ0v) is 8.27. The summed E-state index contributed by atoms with van der Waals surface area (Å²) < 4.78 is 0. The van der Waals surface area contributed by atoms with Gasteiger partial charge in [-0.3, -0.25) is 9.69 Å². The van der Waals surface area contributed by atoms with Crippen LogP contribution in [0.5, 0.6) is 0 Å². The number of amides is 1. The fourth-order valence-corrected chi connectivity index (χ4v) is 1.70. The summed E-state index contributed by atoms with van der Waals surface area (Å²) >= 11 is 0. The maximum absolute atomic E-state index is 10.9. The molecule has 1 saturated heterocycles. The molecular formula is C8H17ClN2O. The number of likely N-dealkylation sites (tertiary alicyclic amines) is 1. The predicted molar refractivity (Wildman–Crippen MR) is 51.3 cm³/mol. The van der Waals surface area contributed by atoms with E-state index in [1.165, 1.54) is 0 Å².